The smallest absolute Gasteiger partial charge is 0.427 e. The van der Waals surface area contributed by atoms with Gasteiger partial charge < -0.3 is 14.4 Å². The molecule has 142 valence electrons. The zero-order chi connectivity index (χ0) is 19.6. The Hall–Kier alpha value is -3.37. The summed E-state index contributed by atoms with van der Waals surface area (Å²) in [5.74, 6) is 0.0748. The highest BCUT2D eigenvalue weighted by atomic mass is 19.4. The molecule has 0 aliphatic carbocycles. The molecule has 1 aromatic carbocycles. The normalized spacial score (nSPS) is 14.4. The van der Waals surface area contributed by atoms with Crippen LogP contribution in [0.5, 0.6) is 5.75 Å². The van der Waals surface area contributed by atoms with Gasteiger partial charge in [-0.1, -0.05) is 0 Å². The van der Waals surface area contributed by atoms with Crippen molar-refractivity contribution < 1.29 is 32.4 Å². The molecule has 0 saturated carbocycles. The number of hydrogen-bond acceptors (Lipinski definition) is 7. The summed E-state index contributed by atoms with van der Waals surface area (Å²) < 4.78 is 48.0. The molecule has 1 aliphatic rings. The number of hydrogen-bond donors (Lipinski definition) is 0. The SMILES string of the molecule is O=C(Oc1ccc([N+](=O)[O-])cc1)OC1CN(c2ccnc(C(F)(F)F)c2)C1. The second-order valence-electron chi connectivity index (χ2n) is 5.64. The molecule has 2 aromatic rings. The molecule has 0 atom stereocenters. The molecule has 1 fully saturated rings. The summed E-state index contributed by atoms with van der Waals surface area (Å²) in [6.45, 7) is 0.410. The Balaban J connectivity index is 1.50. The maximum Gasteiger partial charge on any atom is 0.514 e. The van der Waals surface area contributed by atoms with Crippen molar-refractivity contribution in [1.29, 1.82) is 0 Å². The number of rotatable bonds is 4. The molecule has 1 saturated heterocycles. The van der Waals surface area contributed by atoms with Gasteiger partial charge in [0.2, 0.25) is 0 Å². The van der Waals surface area contributed by atoms with Crippen LogP contribution in [0.4, 0.5) is 29.3 Å². The van der Waals surface area contributed by atoms with Crippen molar-refractivity contribution in [3.63, 3.8) is 0 Å². The van der Waals surface area contributed by atoms with Gasteiger partial charge in [0.05, 0.1) is 18.0 Å². The van der Waals surface area contributed by atoms with Crippen LogP contribution in [0.1, 0.15) is 5.69 Å². The van der Waals surface area contributed by atoms with Gasteiger partial charge in [-0.05, 0) is 24.3 Å². The van der Waals surface area contributed by atoms with E-state index in [0.29, 0.717) is 5.69 Å². The number of nitrogens with zero attached hydrogens (tertiary/aromatic N) is 3. The van der Waals surface area contributed by atoms with Crippen molar-refractivity contribution in [2.45, 2.75) is 12.3 Å². The molecule has 11 heteroatoms. The summed E-state index contributed by atoms with van der Waals surface area (Å²) in [4.78, 5) is 26.6. The summed E-state index contributed by atoms with van der Waals surface area (Å²) in [5.41, 5.74) is -0.830. The number of ether oxygens (including phenoxy) is 2. The van der Waals surface area contributed by atoms with Crippen LogP contribution < -0.4 is 9.64 Å². The first-order chi connectivity index (χ1) is 12.7. The van der Waals surface area contributed by atoms with Gasteiger partial charge in [-0.15, -0.1) is 0 Å². The Bertz CT molecular complexity index is 851. The molecular weight excluding hydrogens is 371 g/mol. The van der Waals surface area contributed by atoms with Gasteiger partial charge in [-0.25, -0.2) is 4.79 Å². The number of benzene rings is 1. The fourth-order valence-electron chi connectivity index (χ4n) is 2.39. The lowest BCUT2D eigenvalue weighted by Crippen LogP contribution is -2.53. The number of pyridine rings is 1. The zero-order valence-corrected chi connectivity index (χ0v) is 13.5. The van der Waals surface area contributed by atoms with E-state index in [9.17, 15) is 28.1 Å². The van der Waals surface area contributed by atoms with E-state index < -0.39 is 29.1 Å². The number of nitro benzene ring substituents is 1. The molecule has 0 amide bonds. The van der Waals surface area contributed by atoms with Crippen LogP contribution in [0.15, 0.2) is 42.6 Å². The topological polar surface area (TPSA) is 94.8 Å². The van der Waals surface area contributed by atoms with Crippen molar-refractivity contribution in [3.05, 3.63) is 58.4 Å². The summed E-state index contributed by atoms with van der Waals surface area (Å²) in [7, 11) is 0. The molecule has 1 aromatic heterocycles. The number of carbonyl (C=O) groups excluding carboxylic acids is 1. The van der Waals surface area contributed by atoms with Crippen LogP contribution in [0.2, 0.25) is 0 Å². The van der Waals surface area contributed by atoms with Crippen LogP contribution in [-0.2, 0) is 10.9 Å². The molecule has 3 rings (SSSR count). The number of aromatic nitrogens is 1. The van der Waals surface area contributed by atoms with E-state index in [1.807, 2.05) is 0 Å². The van der Waals surface area contributed by atoms with Gasteiger partial charge >= 0.3 is 12.3 Å². The third-order valence-electron chi connectivity index (χ3n) is 3.76. The molecule has 0 unspecified atom stereocenters. The number of alkyl halides is 3. The minimum atomic E-state index is -4.54. The molecule has 1 aliphatic heterocycles. The van der Waals surface area contributed by atoms with Gasteiger partial charge in [0.15, 0.2) is 0 Å². The first-order valence-corrected chi connectivity index (χ1v) is 7.63. The third-order valence-corrected chi connectivity index (χ3v) is 3.76. The first-order valence-electron chi connectivity index (χ1n) is 7.63. The molecule has 8 nitrogen and oxygen atoms in total. The Kier molecular flexibility index (Phi) is 4.84. The van der Waals surface area contributed by atoms with Crippen LogP contribution in [0.3, 0.4) is 0 Å². The predicted octanol–water partition coefficient (Wildman–Crippen LogP) is 3.41. The Morgan fingerprint density at radius 3 is 2.48 bits per heavy atom. The lowest BCUT2D eigenvalue weighted by Gasteiger charge is -2.39. The average molecular weight is 383 g/mol. The van der Waals surface area contributed by atoms with E-state index in [1.165, 1.54) is 30.3 Å². The highest BCUT2D eigenvalue weighted by molar-refractivity contribution is 5.65. The molecule has 0 spiro atoms. The maximum atomic E-state index is 12.7. The molecule has 0 bridgehead atoms. The standard InChI is InChI=1S/C16H12F3N3O5/c17-16(18,19)14-7-11(5-6-20-14)21-8-13(9-21)27-15(23)26-12-3-1-10(2-4-12)22(24)25/h1-7,13H,8-9H2. The van der Waals surface area contributed by atoms with Crippen molar-refractivity contribution in [2.75, 3.05) is 18.0 Å². The lowest BCUT2D eigenvalue weighted by atomic mass is 10.1. The number of nitro groups is 1. The Morgan fingerprint density at radius 1 is 1.22 bits per heavy atom. The van der Waals surface area contributed by atoms with Gasteiger partial charge in [0.25, 0.3) is 5.69 Å². The maximum absolute atomic E-state index is 12.7. The minimum Gasteiger partial charge on any atom is -0.427 e. The molecule has 27 heavy (non-hydrogen) atoms. The number of non-ortho nitro benzene ring substituents is 1. The predicted molar refractivity (Wildman–Crippen MR) is 85.4 cm³/mol. The van der Waals surface area contributed by atoms with Crippen molar-refractivity contribution in [2.24, 2.45) is 0 Å². The molecule has 2 heterocycles. The highest BCUT2D eigenvalue weighted by Crippen LogP contribution is 2.31. The largest absolute Gasteiger partial charge is 0.514 e. The van der Waals surface area contributed by atoms with Crippen LogP contribution >= 0.6 is 0 Å². The van der Waals surface area contributed by atoms with E-state index in [-0.39, 0.29) is 24.5 Å². The fraction of sp³-hybridized carbons (Fsp3) is 0.250. The highest BCUT2D eigenvalue weighted by Gasteiger charge is 2.35. The molecule has 0 N–H and O–H groups in total. The summed E-state index contributed by atoms with van der Waals surface area (Å²) in [6, 6.07) is 7.21. The van der Waals surface area contributed by atoms with Crippen LogP contribution in [-0.4, -0.2) is 35.3 Å². The third kappa shape index (κ3) is 4.43. The summed E-state index contributed by atoms with van der Waals surface area (Å²) in [6.07, 6.45) is -5.02. The fourth-order valence-corrected chi connectivity index (χ4v) is 2.39. The Labute approximate surface area is 150 Å². The van der Waals surface area contributed by atoms with Gasteiger partial charge in [-0.3, -0.25) is 15.1 Å². The van der Waals surface area contributed by atoms with E-state index >= 15 is 0 Å². The average Bonchev–Trinajstić information content (AvgIpc) is 2.57. The van der Waals surface area contributed by atoms with Gasteiger partial charge in [0, 0.05) is 24.0 Å². The number of carbonyl (C=O) groups is 1. The second-order valence-corrected chi connectivity index (χ2v) is 5.64. The van der Waals surface area contributed by atoms with Crippen LogP contribution in [0, 0.1) is 10.1 Å². The second kappa shape index (κ2) is 7.09. The molecular formula is C16H12F3N3O5. The summed E-state index contributed by atoms with van der Waals surface area (Å²) in [5, 5.41) is 10.6. The molecule has 0 radical (unpaired) electrons. The minimum absolute atomic E-state index is 0.0748. The van der Waals surface area contributed by atoms with E-state index in [0.717, 1.165) is 12.3 Å². The monoisotopic (exact) mass is 383 g/mol. The quantitative estimate of drug-likeness (QED) is 0.346. The zero-order valence-electron chi connectivity index (χ0n) is 13.5. The van der Waals surface area contributed by atoms with E-state index in [1.54, 1.807) is 4.90 Å². The number of halogens is 3. The van der Waals surface area contributed by atoms with Crippen molar-refractivity contribution >= 4 is 17.5 Å². The van der Waals surface area contributed by atoms with Gasteiger partial charge in [0.1, 0.15) is 17.5 Å². The first kappa shape index (κ1) is 18.4. The van der Waals surface area contributed by atoms with Crippen molar-refractivity contribution in [1.82, 2.24) is 4.98 Å². The lowest BCUT2D eigenvalue weighted by molar-refractivity contribution is -0.384. The van der Waals surface area contributed by atoms with Gasteiger partial charge in [-0.2, -0.15) is 13.2 Å². The van der Waals surface area contributed by atoms with E-state index in [2.05, 4.69) is 4.98 Å². The van der Waals surface area contributed by atoms with Crippen LogP contribution in [0.25, 0.3) is 0 Å². The summed E-state index contributed by atoms with van der Waals surface area (Å²) >= 11 is 0. The van der Waals surface area contributed by atoms with E-state index in [4.69, 9.17) is 9.47 Å². The Morgan fingerprint density at radius 2 is 1.89 bits per heavy atom. The number of anilines is 1. The van der Waals surface area contributed by atoms with Crippen molar-refractivity contribution in [3.8, 4) is 5.75 Å².